The van der Waals surface area contributed by atoms with Crippen molar-refractivity contribution in [1.29, 1.82) is 0 Å². The summed E-state index contributed by atoms with van der Waals surface area (Å²) in [6, 6.07) is 12.6. The van der Waals surface area contributed by atoms with E-state index in [9.17, 15) is 14.4 Å². The number of aromatic nitrogens is 4. The van der Waals surface area contributed by atoms with Gasteiger partial charge in [-0.15, -0.1) is 0 Å². The second-order valence-corrected chi connectivity index (χ2v) is 10.0. The van der Waals surface area contributed by atoms with E-state index in [-0.39, 0.29) is 30.5 Å². The number of likely N-dealkylation sites (N-methyl/N-ethyl adjacent to an activating group) is 1. The Morgan fingerprint density at radius 2 is 1.82 bits per heavy atom. The van der Waals surface area contributed by atoms with Crippen LogP contribution in [0.25, 0.3) is 11.0 Å². The van der Waals surface area contributed by atoms with Crippen molar-refractivity contribution in [2.45, 2.75) is 25.9 Å². The van der Waals surface area contributed by atoms with Crippen LogP contribution in [0.2, 0.25) is 5.15 Å². The standard InChI is InChI=1S/C28H31ClN6O5/c1-5-39-27(37)24-18(25(29)35(31-24)15-17-9-7-6-8-10-17)11-12-30-19-16-40-23-14-21-20(33(3)28(38)34(21)4)13-22(23)32(2)26(19)36/h6-10,13-14,19,30H,5,11-12,15-16H2,1-4H3/t19-/m0/s1. The van der Waals surface area contributed by atoms with Crippen LogP contribution >= 0.6 is 11.6 Å². The number of benzene rings is 2. The molecule has 0 bridgehead atoms. The topological polar surface area (TPSA) is 113 Å². The molecule has 1 atom stereocenters. The highest BCUT2D eigenvalue weighted by Gasteiger charge is 2.31. The summed E-state index contributed by atoms with van der Waals surface area (Å²) in [6.45, 7) is 2.77. The van der Waals surface area contributed by atoms with Crippen LogP contribution in [0.15, 0.2) is 47.3 Å². The highest BCUT2D eigenvalue weighted by Crippen LogP contribution is 2.34. The van der Waals surface area contributed by atoms with Crippen molar-refractivity contribution in [1.82, 2.24) is 24.2 Å². The zero-order chi connectivity index (χ0) is 28.6. The number of carbonyl (C=O) groups excluding carboxylic acids is 2. The number of carbonyl (C=O) groups is 2. The lowest BCUT2D eigenvalue weighted by atomic mass is 10.1. The van der Waals surface area contributed by atoms with Crippen LogP contribution in [0.4, 0.5) is 5.69 Å². The summed E-state index contributed by atoms with van der Waals surface area (Å²) in [4.78, 5) is 40.0. The number of amides is 1. The van der Waals surface area contributed by atoms with Crippen molar-refractivity contribution in [2.24, 2.45) is 14.1 Å². The minimum Gasteiger partial charge on any atom is -0.489 e. The first-order chi connectivity index (χ1) is 19.2. The largest absolute Gasteiger partial charge is 0.489 e. The van der Waals surface area contributed by atoms with Crippen molar-refractivity contribution < 1.29 is 19.1 Å². The van der Waals surface area contributed by atoms with Gasteiger partial charge < -0.3 is 19.7 Å². The van der Waals surface area contributed by atoms with Crippen molar-refractivity contribution in [3.8, 4) is 5.75 Å². The van der Waals surface area contributed by atoms with Gasteiger partial charge in [0.1, 0.15) is 23.6 Å². The molecule has 0 spiro atoms. The summed E-state index contributed by atoms with van der Waals surface area (Å²) in [5, 5.41) is 8.05. The molecule has 12 heteroatoms. The second-order valence-electron chi connectivity index (χ2n) is 9.66. The lowest BCUT2D eigenvalue weighted by Gasteiger charge is -2.20. The van der Waals surface area contributed by atoms with Crippen LogP contribution in [-0.2, 0) is 36.6 Å². The Morgan fingerprint density at radius 1 is 1.12 bits per heavy atom. The summed E-state index contributed by atoms with van der Waals surface area (Å²) < 4.78 is 15.9. The number of nitrogens with one attached hydrogen (secondary N) is 1. The maximum absolute atomic E-state index is 13.4. The lowest BCUT2D eigenvalue weighted by Crippen LogP contribution is -2.47. The number of fused-ring (bicyclic) bond motifs is 2. The predicted octanol–water partition coefficient (Wildman–Crippen LogP) is 2.51. The fraction of sp³-hybridized carbons (Fsp3) is 0.357. The van der Waals surface area contributed by atoms with E-state index in [0.717, 1.165) is 5.56 Å². The smallest absolute Gasteiger partial charge is 0.359 e. The van der Waals surface area contributed by atoms with Crippen LogP contribution in [0, 0.1) is 0 Å². The summed E-state index contributed by atoms with van der Waals surface area (Å²) in [7, 11) is 5.07. The number of aryl methyl sites for hydroxylation is 2. The van der Waals surface area contributed by atoms with Gasteiger partial charge in [-0.05, 0) is 25.0 Å². The van der Waals surface area contributed by atoms with E-state index in [0.29, 0.717) is 52.7 Å². The predicted molar refractivity (Wildman–Crippen MR) is 151 cm³/mol. The van der Waals surface area contributed by atoms with Gasteiger partial charge in [-0.1, -0.05) is 41.9 Å². The lowest BCUT2D eigenvalue weighted by molar-refractivity contribution is -0.120. The summed E-state index contributed by atoms with van der Waals surface area (Å²) in [5.74, 6) is -0.212. The highest BCUT2D eigenvalue weighted by atomic mass is 35.5. The third-order valence-electron chi connectivity index (χ3n) is 7.14. The fourth-order valence-corrected chi connectivity index (χ4v) is 5.21. The van der Waals surface area contributed by atoms with Gasteiger partial charge in [0, 0.05) is 39.3 Å². The molecule has 0 aliphatic carbocycles. The molecule has 1 amide bonds. The Morgan fingerprint density at radius 3 is 2.52 bits per heavy atom. The van der Waals surface area contributed by atoms with Gasteiger partial charge in [-0.3, -0.25) is 13.9 Å². The molecule has 2 aromatic heterocycles. The fourth-order valence-electron chi connectivity index (χ4n) is 4.93. The molecule has 5 rings (SSSR count). The molecular formula is C28H31ClN6O5. The van der Waals surface area contributed by atoms with Crippen LogP contribution in [-0.4, -0.2) is 63.6 Å². The monoisotopic (exact) mass is 566 g/mol. The molecule has 1 N–H and O–H groups in total. The first kappa shape index (κ1) is 27.5. The Kier molecular flexibility index (Phi) is 7.68. The number of rotatable bonds is 8. The first-order valence-electron chi connectivity index (χ1n) is 13.0. The van der Waals surface area contributed by atoms with Crippen molar-refractivity contribution in [2.75, 3.05) is 31.7 Å². The SMILES string of the molecule is CCOC(=O)c1nn(Cc2ccccc2)c(Cl)c1CCN[C@H]1COc2cc3c(cc2N(C)C1=O)n(C)c(=O)n3C. The van der Waals surface area contributed by atoms with Crippen LogP contribution < -0.4 is 20.6 Å². The Balaban J connectivity index is 1.33. The number of anilines is 1. The van der Waals surface area contributed by atoms with Gasteiger partial charge in [0.05, 0.1) is 29.9 Å². The molecule has 0 saturated carbocycles. The van der Waals surface area contributed by atoms with Gasteiger partial charge in [0.15, 0.2) is 5.69 Å². The van der Waals surface area contributed by atoms with Gasteiger partial charge in [0.2, 0.25) is 5.91 Å². The second kappa shape index (κ2) is 11.2. The van der Waals surface area contributed by atoms with E-state index < -0.39 is 12.0 Å². The van der Waals surface area contributed by atoms with Gasteiger partial charge in [-0.2, -0.15) is 5.10 Å². The minimum atomic E-state index is -0.645. The van der Waals surface area contributed by atoms with Crippen LogP contribution in [0.5, 0.6) is 5.75 Å². The molecule has 1 aliphatic rings. The van der Waals surface area contributed by atoms with Crippen LogP contribution in [0.3, 0.4) is 0 Å². The number of esters is 1. The third-order valence-corrected chi connectivity index (χ3v) is 7.56. The van der Waals surface area contributed by atoms with Crippen molar-refractivity contribution in [3.63, 3.8) is 0 Å². The number of hydrogen-bond donors (Lipinski definition) is 1. The molecule has 4 aromatic rings. The summed E-state index contributed by atoms with van der Waals surface area (Å²) >= 11 is 6.70. The number of nitrogens with zero attached hydrogens (tertiary/aromatic N) is 5. The summed E-state index contributed by atoms with van der Waals surface area (Å²) in [6.07, 6.45) is 0.341. The molecule has 40 heavy (non-hydrogen) atoms. The van der Waals surface area contributed by atoms with E-state index in [1.165, 1.54) is 9.47 Å². The maximum atomic E-state index is 13.4. The number of hydrogen-bond acceptors (Lipinski definition) is 7. The average molecular weight is 567 g/mol. The third kappa shape index (κ3) is 4.98. The molecule has 2 aromatic carbocycles. The number of halogens is 1. The number of imidazole rings is 1. The van der Waals surface area contributed by atoms with Crippen molar-refractivity contribution in [3.05, 3.63) is 74.9 Å². The average Bonchev–Trinajstić information content (AvgIpc) is 3.33. The zero-order valence-corrected chi connectivity index (χ0v) is 23.6. The Bertz CT molecular complexity index is 1640. The van der Waals surface area contributed by atoms with Gasteiger partial charge in [-0.25, -0.2) is 14.3 Å². The van der Waals surface area contributed by atoms with Gasteiger partial charge in [0.25, 0.3) is 0 Å². The molecular weight excluding hydrogens is 536 g/mol. The molecule has 11 nitrogen and oxygen atoms in total. The molecule has 210 valence electrons. The maximum Gasteiger partial charge on any atom is 0.359 e. The molecule has 1 aliphatic heterocycles. The van der Waals surface area contributed by atoms with Gasteiger partial charge >= 0.3 is 11.7 Å². The van der Waals surface area contributed by atoms with E-state index in [1.54, 1.807) is 49.4 Å². The Hall–Kier alpha value is -4.09. The van der Waals surface area contributed by atoms with Crippen LogP contribution in [0.1, 0.15) is 28.5 Å². The molecule has 0 saturated heterocycles. The summed E-state index contributed by atoms with van der Waals surface area (Å²) in [5.41, 5.74) is 3.55. The molecule has 0 fully saturated rings. The molecule has 0 radical (unpaired) electrons. The van der Waals surface area contributed by atoms with E-state index in [4.69, 9.17) is 21.1 Å². The van der Waals surface area contributed by atoms with E-state index in [1.807, 2.05) is 30.3 Å². The molecule has 3 heterocycles. The zero-order valence-electron chi connectivity index (χ0n) is 22.8. The Labute approximate surface area is 235 Å². The number of ether oxygens (including phenoxy) is 2. The van der Waals surface area contributed by atoms with E-state index in [2.05, 4.69) is 10.4 Å². The molecule has 0 unspecified atom stereocenters. The quantitative estimate of drug-likeness (QED) is 0.326. The van der Waals surface area contributed by atoms with E-state index >= 15 is 0 Å². The minimum absolute atomic E-state index is 0.0915. The van der Waals surface area contributed by atoms with Crippen molar-refractivity contribution >= 4 is 40.2 Å². The normalized spacial score (nSPS) is 15.2. The highest BCUT2D eigenvalue weighted by molar-refractivity contribution is 6.30. The first-order valence-corrected chi connectivity index (χ1v) is 13.4.